The number of amides is 1. The molecular formula is C22H21ClN2O4S. The van der Waals surface area contributed by atoms with Crippen molar-refractivity contribution in [3.63, 3.8) is 0 Å². The lowest BCUT2D eigenvalue weighted by molar-refractivity contribution is -0.120. The van der Waals surface area contributed by atoms with Gasteiger partial charge in [0.2, 0.25) is 15.7 Å². The van der Waals surface area contributed by atoms with E-state index >= 15 is 0 Å². The van der Waals surface area contributed by atoms with Crippen molar-refractivity contribution in [1.29, 1.82) is 0 Å². The first-order valence-electron chi connectivity index (χ1n) is 9.67. The molecule has 0 aromatic heterocycles. The Hall–Kier alpha value is -2.64. The Balaban J connectivity index is 1.82. The number of para-hydroxylation sites is 1. The van der Waals surface area contributed by atoms with Gasteiger partial charge in [0, 0.05) is 22.8 Å². The second-order valence-electron chi connectivity index (χ2n) is 7.87. The second-order valence-corrected chi connectivity index (χ2v) is 10.1. The van der Waals surface area contributed by atoms with Crippen molar-refractivity contribution in [2.75, 3.05) is 16.8 Å². The van der Waals surface area contributed by atoms with Crippen molar-refractivity contribution in [3.8, 4) is 0 Å². The van der Waals surface area contributed by atoms with E-state index in [0.717, 1.165) is 11.8 Å². The standard InChI is InChI=1S/C22H21ClN2O4S/c1-13(2)9-10-25-18-8-7-14(23)11-15(18)21(26)20(22(25)27)17-12-30(28,29)19-6-4-3-5-16(19)24-17/h3-8,11-13,20,24H,9-10H2,1-2H3. The van der Waals surface area contributed by atoms with Gasteiger partial charge >= 0.3 is 0 Å². The third kappa shape index (κ3) is 3.52. The Labute approximate surface area is 180 Å². The van der Waals surface area contributed by atoms with Crippen LogP contribution in [-0.4, -0.2) is 26.7 Å². The second kappa shape index (κ2) is 7.56. The zero-order valence-corrected chi connectivity index (χ0v) is 18.1. The van der Waals surface area contributed by atoms with E-state index < -0.39 is 27.4 Å². The maximum Gasteiger partial charge on any atom is 0.244 e. The lowest BCUT2D eigenvalue weighted by Gasteiger charge is -2.35. The molecule has 2 aliphatic heterocycles. The maximum absolute atomic E-state index is 13.4. The first kappa shape index (κ1) is 20.6. The number of Topliss-reactive ketones (excluding diaryl/α,β-unsaturated/α-hetero) is 1. The topological polar surface area (TPSA) is 83.6 Å². The number of hydrogen-bond acceptors (Lipinski definition) is 5. The number of carbonyl (C=O) groups excluding carboxylic acids is 2. The summed E-state index contributed by atoms with van der Waals surface area (Å²) in [7, 11) is -3.79. The molecule has 4 rings (SSSR count). The van der Waals surface area contributed by atoms with Gasteiger partial charge in [-0.05, 0) is 42.7 Å². The van der Waals surface area contributed by atoms with E-state index in [1.165, 1.54) is 12.1 Å². The molecule has 0 spiro atoms. The molecule has 1 N–H and O–H groups in total. The van der Waals surface area contributed by atoms with Gasteiger partial charge in [0.1, 0.15) is 5.92 Å². The highest BCUT2D eigenvalue weighted by Gasteiger charge is 2.43. The van der Waals surface area contributed by atoms with Crippen molar-refractivity contribution in [1.82, 2.24) is 0 Å². The molecule has 0 aliphatic carbocycles. The van der Waals surface area contributed by atoms with Gasteiger partial charge in [0.15, 0.2) is 5.78 Å². The SMILES string of the molecule is CC(C)CCN1C(=O)C(C2=CS(=O)(=O)c3ccccc3N2)C(=O)c2cc(Cl)ccc21. The molecule has 1 amide bonds. The molecule has 2 heterocycles. The van der Waals surface area contributed by atoms with Crippen molar-refractivity contribution in [3.05, 3.63) is 64.2 Å². The summed E-state index contributed by atoms with van der Waals surface area (Å²) in [5.74, 6) is -1.83. The number of nitrogens with zero attached hydrogens (tertiary/aromatic N) is 1. The quantitative estimate of drug-likeness (QED) is 0.712. The van der Waals surface area contributed by atoms with Crippen LogP contribution in [0.1, 0.15) is 30.6 Å². The molecule has 1 atom stereocenters. The predicted molar refractivity (Wildman–Crippen MR) is 116 cm³/mol. The molecule has 8 heteroatoms. The van der Waals surface area contributed by atoms with E-state index in [2.05, 4.69) is 19.2 Å². The van der Waals surface area contributed by atoms with E-state index in [4.69, 9.17) is 11.6 Å². The van der Waals surface area contributed by atoms with E-state index in [9.17, 15) is 18.0 Å². The first-order valence-corrected chi connectivity index (χ1v) is 11.6. The van der Waals surface area contributed by atoms with Crippen LogP contribution in [-0.2, 0) is 14.6 Å². The number of benzene rings is 2. The molecular weight excluding hydrogens is 424 g/mol. The Bertz CT molecular complexity index is 1190. The van der Waals surface area contributed by atoms with E-state index in [1.807, 2.05) is 0 Å². The number of anilines is 2. The molecule has 2 aromatic rings. The highest BCUT2D eigenvalue weighted by Crippen LogP contribution is 2.39. The number of halogens is 1. The minimum atomic E-state index is -3.79. The number of ketones is 1. The van der Waals surface area contributed by atoms with Crippen molar-refractivity contribution >= 4 is 44.5 Å². The normalized spacial score (nSPS) is 19.8. The van der Waals surface area contributed by atoms with Gasteiger partial charge in [-0.2, -0.15) is 0 Å². The third-order valence-electron chi connectivity index (χ3n) is 5.29. The molecule has 6 nitrogen and oxygen atoms in total. The smallest absolute Gasteiger partial charge is 0.244 e. The number of fused-ring (bicyclic) bond motifs is 2. The van der Waals surface area contributed by atoms with Gasteiger partial charge in [-0.15, -0.1) is 0 Å². The summed E-state index contributed by atoms with van der Waals surface area (Å²) >= 11 is 6.12. The zero-order valence-electron chi connectivity index (χ0n) is 16.6. The molecule has 2 aromatic carbocycles. The minimum Gasteiger partial charge on any atom is -0.356 e. The molecule has 0 radical (unpaired) electrons. The van der Waals surface area contributed by atoms with Crippen LogP contribution in [0.4, 0.5) is 11.4 Å². The Morgan fingerprint density at radius 1 is 1.13 bits per heavy atom. The summed E-state index contributed by atoms with van der Waals surface area (Å²) in [6, 6.07) is 11.3. The van der Waals surface area contributed by atoms with Crippen molar-refractivity contribution in [2.24, 2.45) is 11.8 Å². The van der Waals surface area contributed by atoms with Crippen LogP contribution >= 0.6 is 11.6 Å². The summed E-state index contributed by atoms with van der Waals surface area (Å²) in [6.07, 6.45) is 0.738. The number of hydrogen-bond donors (Lipinski definition) is 1. The van der Waals surface area contributed by atoms with Crippen LogP contribution in [0.5, 0.6) is 0 Å². The predicted octanol–water partition coefficient (Wildman–Crippen LogP) is 4.27. The van der Waals surface area contributed by atoms with Gasteiger partial charge in [-0.3, -0.25) is 9.59 Å². The lowest BCUT2D eigenvalue weighted by atomic mass is 9.87. The average molecular weight is 445 g/mol. The number of carbonyl (C=O) groups is 2. The van der Waals surface area contributed by atoms with Crippen LogP contribution in [0.25, 0.3) is 0 Å². The third-order valence-corrected chi connectivity index (χ3v) is 7.05. The number of sulfone groups is 1. The van der Waals surface area contributed by atoms with E-state index in [0.29, 0.717) is 34.4 Å². The summed E-state index contributed by atoms with van der Waals surface area (Å²) in [5.41, 5.74) is 1.23. The average Bonchev–Trinajstić information content (AvgIpc) is 2.67. The highest BCUT2D eigenvalue weighted by molar-refractivity contribution is 7.94. The van der Waals surface area contributed by atoms with Gasteiger partial charge in [-0.25, -0.2) is 8.42 Å². The van der Waals surface area contributed by atoms with E-state index in [1.54, 1.807) is 35.2 Å². The summed E-state index contributed by atoms with van der Waals surface area (Å²) in [6.45, 7) is 4.52. The van der Waals surface area contributed by atoms with Crippen LogP contribution in [0.3, 0.4) is 0 Å². The number of nitrogens with one attached hydrogen (secondary N) is 1. The van der Waals surface area contributed by atoms with Crippen LogP contribution in [0.15, 0.2) is 58.5 Å². The Kier molecular flexibility index (Phi) is 5.20. The molecule has 2 aliphatic rings. The molecule has 0 bridgehead atoms. The first-order chi connectivity index (χ1) is 14.2. The van der Waals surface area contributed by atoms with Gasteiger partial charge < -0.3 is 10.2 Å². The van der Waals surface area contributed by atoms with Crippen molar-refractivity contribution < 1.29 is 18.0 Å². The zero-order chi connectivity index (χ0) is 21.6. The van der Waals surface area contributed by atoms with E-state index in [-0.39, 0.29) is 10.6 Å². The fraction of sp³-hybridized carbons (Fsp3) is 0.273. The molecule has 0 saturated carbocycles. The van der Waals surface area contributed by atoms with Crippen LogP contribution in [0.2, 0.25) is 5.02 Å². The monoisotopic (exact) mass is 444 g/mol. The van der Waals surface area contributed by atoms with Crippen LogP contribution in [0, 0.1) is 11.8 Å². The fourth-order valence-electron chi connectivity index (χ4n) is 3.75. The molecule has 30 heavy (non-hydrogen) atoms. The highest BCUT2D eigenvalue weighted by atomic mass is 35.5. The largest absolute Gasteiger partial charge is 0.356 e. The number of rotatable bonds is 4. The van der Waals surface area contributed by atoms with Gasteiger partial charge in [-0.1, -0.05) is 37.6 Å². The lowest BCUT2D eigenvalue weighted by Crippen LogP contribution is -2.47. The fourth-order valence-corrected chi connectivity index (χ4v) is 5.27. The molecule has 0 saturated heterocycles. The maximum atomic E-state index is 13.4. The Morgan fingerprint density at radius 2 is 1.87 bits per heavy atom. The minimum absolute atomic E-state index is 0.0591. The Morgan fingerprint density at radius 3 is 2.60 bits per heavy atom. The van der Waals surface area contributed by atoms with Crippen molar-refractivity contribution in [2.45, 2.75) is 25.2 Å². The summed E-state index contributed by atoms with van der Waals surface area (Å²) in [4.78, 5) is 28.4. The molecule has 156 valence electrons. The summed E-state index contributed by atoms with van der Waals surface area (Å²) < 4.78 is 25.5. The summed E-state index contributed by atoms with van der Waals surface area (Å²) in [5, 5.41) is 4.36. The molecule has 0 fully saturated rings. The van der Waals surface area contributed by atoms with Gasteiger partial charge in [0.05, 0.1) is 21.7 Å². The van der Waals surface area contributed by atoms with Crippen LogP contribution < -0.4 is 10.2 Å². The van der Waals surface area contributed by atoms with Gasteiger partial charge in [0.25, 0.3) is 0 Å². The molecule has 1 unspecified atom stereocenters.